The van der Waals surface area contributed by atoms with Gasteiger partial charge in [0.25, 0.3) is 0 Å². The first kappa shape index (κ1) is 37.7. The molecule has 0 saturated heterocycles. The van der Waals surface area contributed by atoms with E-state index in [2.05, 4.69) is 226 Å². The van der Waals surface area contributed by atoms with Crippen LogP contribution in [-0.4, -0.2) is 15.0 Å². The Balaban J connectivity index is 1.07. The average Bonchev–Trinajstić information content (AvgIpc) is 3.98. The van der Waals surface area contributed by atoms with Gasteiger partial charge in [0.05, 0.1) is 5.41 Å². The van der Waals surface area contributed by atoms with Crippen LogP contribution < -0.4 is 0 Å². The summed E-state index contributed by atoms with van der Waals surface area (Å²) in [5.74, 6) is 1.94. The van der Waals surface area contributed by atoms with Crippen LogP contribution in [-0.2, 0) is 10.8 Å². The summed E-state index contributed by atoms with van der Waals surface area (Å²) >= 11 is 1.80. The van der Waals surface area contributed by atoms with Gasteiger partial charge in [0.2, 0.25) is 0 Å². The van der Waals surface area contributed by atoms with Crippen molar-refractivity contribution in [2.24, 2.45) is 0 Å². The van der Waals surface area contributed by atoms with Crippen molar-refractivity contribution in [3.63, 3.8) is 0 Å². The van der Waals surface area contributed by atoms with Gasteiger partial charge in [0.1, 0.15) is 0 Å². The van der Waals surface area contributed by atoms with Gasteiger partial charge in [-0.25, -0.2) is 15.0 Å². The van der Waals surface area contributed by atoms with Crippen LogP contribution in [0.5, 0.6) is 0 Å². The van der Waals surface area contributed by atoms with Crippen LogP contribution >= 0.6 is 11.3 Å². The molecule has 65 heavy (non-hydrogen) atoms. The van der Waals surface area contributed by atoms with Crippen molar-refractivity contribution in [2.45, 2.75) is 24.7 Å². The Hall–Kier alpha value is -7.79. The Bertz CT molecular complexity index is 3660. The number of hydrogen-bond acceptors (Lipinski definition) is 4. The van der Waals surface area contributed by atoms with Crippen LogP contribution in [0.2, 0.25) is 0 Å². The van der Waals surface area contributed by atoms with Gasteiger partial charge >= 0.3 is 0 Å². The van der Waals surface area contributed by atoms with Gasteiger partial charge in [0, 0.05) is 42.3 Å². The number of nitrogens with zero attached hydrogens (tertiary/aromatic N) is 3. The summed E-state index contributed by atoms with van der Waals surface area (Å²) in [6.45, 7) is 4.68. The summed E-state index contributed by atoms with van der Waals surface area (Å²) in [5.41, 5.74) is 17.2. The molecule has 2 aliphatic rings. The lowest BCUT2D eigenvalue weighted by Gasteiger charge is -2.33. The molecule has 0 bridgehead atoms. The van der Waals surface area contributed by atoms with Crippen LogP contribution in [0.25, 0.3) is 87.7 Å². The maximum Gasteiger partial charge on any atom is 0.165 e. The minimum Gasteiger partial charge on any atom is -0.208 e. The highest BCUT2D eigenvalue weighted by Gasteiger charge is 2.47. The lowest BCUT2D eigenvalue weighted by Crippen LogP contribution is -2.28. The minimum absolute atomic E-state index is 0.0989. The topological polar surface area (TPSA) is 38.7 Å². The van der Waals surface area contributed by atoms with Crippen LogP contribution in [0.4, 0.5) is 0 Å². The van der Waals surface area contributed by atoms with E-state index in [-0.39, 0.29) is 5.41 Å². The molecule has 0 radical (unpaired) electrons. The molecule has 0 fully saturated rings. The summed E-state index contributed by atoms with van der Waals surface area (Å²) in [6, 6.07) is 77.1. The van der Waals surface area contributed by atoms with Crippen molar-refractivity contribution >= 4 is 31.5 Å². The fourth-order valence-electron chi connectivity index (χ4n) is 11.2. The van der Waals surface area contributed by atoms with Crippen LogP contribution in [0, 0.1) is 0 Å². The first-order valence-corrected chi connectivity index (χ1v) is 23.2. The van der Waals surface area contributed by atoms with Gasteiger partial charge in [-0.15, -0.1) is 11.3 Å². The third-order valence-corrected chi connectivity index (χ3v) is 15.3. The molecule has 13 rings (SSSR count). The summed E-state index contributed by atoms with van der Waals surface area (Å²) in [4.78, 5) is 16.5. The molecule has 4 heteroatoms. The van der Waals surface area contributed by atoms with Gasteiger partial charge in [-0.1, -0.05) is 208 Å². The van der Waals surface area contributed by atoms with Crippen molar-refractivity contribution in [3.8, 4) is 67.5 Å². The molecule has 9 aromatic carbocycles. The number of thiophene rings is 1. The van der Waals surface area contributed by atoms with E-state index in [4.69, 9.17) is 15.0 Å². The molecule has 306 valence electrons. The molecule has 2 aliphatic carbocycles. The minimum atomic E-state index is -0.552. The molecule has 0 unspecified atom stereocenters. The highest BCUT2D eigenvalue weighted by molar-refractivity contribution is 7.26. The highest BCUT2D eigenvalue weighted by atomic mass is 32.1. The van der Waals surface area contributed by atoms with Crippen molar-refractivity contribution in [2.75, 3.05) is 0 Å². The van der Waals surface area contributed by atoms with Gasteiger partial charge in [-0.05, 0) is 85.0 Å². The average molecular weight is 848 g/mol. The van der Waals surface area contributed by atoms with Crippen molar-refractivity contribution < 1.29 is 0 Å². The van der Waals surface area contributed by atoms with Crippen molar-refractivity contribution in [1.82, 2.24) is 15.0 Å². The Morgan fingerprint density at radius 3 is 1.62 bits per heavy atom. The van der Waals surface area contributed by atoms with E-state index >= 15 is 0 Å². The molecule has 3 nitrogen and oxygen atoms in total. The smallest absolute Gasteiger partial charge is 0.165 e. The van der Waals surface area contributed by atoms with E-state index in [1.165, 1.54) is 75.8 Å². The van der Waals surface area contributed by atoms with Crippen LogP contribution in [0.15, 0.2) is 212 Å². The standard InChI is InChI=1S/C61H41N3S/c1-60(2)49-32-12-9-26-45(49)54-42(28-17-34-51(54)60)38-19-15-20-39(37-38)57-62-58(64-59(63-57)48-31-16-29-44-43-25-11-14-36-53(43)65-56(44)48)47-30-18-35-52-55(47)46-27-10-13-33-50(46)61(52,40-21-5-3-6-22-40)41-23-7-4-8-24-41/h3-37H,1-2H3. The zero-order valence-electron chi connectivity index (χ0n) is 36.0. The molecular weight excluding hydrogens is 807 g/mol. The van der Waals surface area contributed by atoms with E-state index in [0.29, 0.717) is 17.5 Å². The third-order valence-electron chi connectivity index (χ3n) is 14.0. The maximum atomic E-state index is 5.52. The molecule has 0 N–H and O–H groups in total. The van der Waals surface area contributed by atoms with E-state index < -0.39 is 5.41 Å². The van der Waals surface area contributed by atoms with Crippen LogP contribution in [0.3, 0.4) is 0 Å². The van der Waals surface area contributed by atoms with E-state index in [1.54, 1.807) is 11.3 Å². The zero-order chi connectivity index (χ0) is 43.3. The summed E-state index contributed by atoms with van der Waals surface area (Å²) in [5, 5.41) is 2.45. The first-order valence-electron chi connectivity index (χ1n) is 22.4. The SMILES string of the molecule is CC1(C)c2ccccc2-c2c(-c3cccc(-c4nc(-c5cccc6c5-c5ccccc5C6(c5ccccc5)c5ccccc5)nc(-c5cccc6c5sc5ccccc56)n4)c3)cccc21. The second kappa shape index (κ2) is 14.4. The predicted octanol–water partition coefficient (Wildman–Crippen LogP) is 15.6. The quantitative estimate of drug-likeness (QED) is 0.167. The molecule has 0 saturated carbocycles. The summed E-state index contributed by atoms with van der Waals surface area (Å²) < 4.78 is 2.41. The molecule has 0 aliphatic heterocycles. The first-order chi connectivity index (χ1) is 32.0. The van der Waals surface area contributed by atoms with Gasteiger partial charge in [0.15, 0.2) is 17.5 Å². The van der Waals surface area contributed by atoms with Crippen LogP contribution in [0.1, 0.15) is 47.2 Å². The summed E-state index contributed by atoms with van der Waals surface area (Å²) in [7, 11) is 0. The second-order valence-corrected chi connectivity index (χ2v) is 18.9. The van der Waals surface area contributed by atoms with Gasteiger partial charge < -0.3 is 0 Å². The second-order valence-electron chi connectivity index (χ2n) is 17.8. The predicted molar refractivity (Wildman–Crippen MR) is 269 cm³/mol. The van der Waals surface area contributed by atoms with Gasteiger partial charge in [-0.3, -0.25) is 0 Å². The fourth-order valence-corrected chi connectivity index (χ4v) is 12.4. The Kier molecular flexibility index (Phi) is 8.34. The normalized spacial score (nSPS) is 13.9. The van der Waals surface area contributed by atoms with Crippen molar-refractivity contribution in [1.29, 1.82) is 0 Å². The number of benzene rings is 9. The lowest BCUT2D eigenvalue weighted by atomic mass is 9.67. The Morgan fingerprint density at radius 1 is 0.354 bits per heavy atom. The molecular formula is C61H41N3S. The number of aromatic nitrogens is 3. The molecule has 2 heterocycles. The number of fused-ring (bicyclic) bond motifs is 9. The monoisotopic (exact) mass is 847 g/mol. The maximum absolute atomic E-state index is 5.52. The van der Waals surface area contributed by atoms with E-state index in [0.717, 1.165) is 27.8 Å². The molecule has 11 aromatic rings. The Morgan fingerprint density at radius 2 is 0.846 bits per heavy atom. The molecule has 2 aromatic heterocycles. The zero-order valence-corrected chi connectivity index (χ0v) is 36.8. The lowest BCUT2D eigenvalue weighted by molar-refractivity contribution is 0.660. The summed E-state index contributed by atoms with van der Waals surface area (Å²) in [6.07, 6.45) is 0. The largest absolute Gasteiger partial charge is 0.208 e. The molecule has 0 spiro atoms. The third kappa shape index (κ3) is 5.51. The van der Waals surface area contributed by atoms with E-state index in [1.807, 2.05) is 0 Å². The van der Waals surface area contributed by atoms with Gasteiger partial charge in [-0.2, -0.15) is 0 Å². The van der Waals surface area contributed by atoms with E-state index in [9.17, 15) is 0 Å². The highest BCUT2D eigenvalue weighted by Crippen LogP contribution is 2.58. The number of rotatable bonds is 6. The van der Waals surface area contributed by atoms with Crippen molar-refractivity contribution in [3.05, 3.63) is 246 Å². The molecule has 0 amide bonds. The Labute approximate surface area is 382 Å². The number of hydrogen-bond donors (Lipinski definition) is 0. The molecule has 0 atom stereocenters. The fraction of sp³-hybridized carbons (Fsp3) is 0.0656.